The molecule has 0 bridgehead atoms. The number of H-pyrrole nitrogens is 1. The lowest BCUT2D eigenvalue weighted by atomic mass is 10.1. The Hall–Kier alpha value is -2.07. The second-order valence-electron chi connectivity index (χ2n) is 4.51. The van der Waals surface area contributed by atoms with E-state index in [0.717, 1.165) is 16.5 Å². The summed E-state index contributed by atoms with van der Waals surface area (Å²) in [6, 6.07) is 7.60. The fraction of sp³-hybridized carbons (Fsp3) is 0.267. The first-order chi connectivity index (χ1) is 9.18. The van der Waals surface area contributed by atoms with E-state index in [1.807, 2.05) is 37.4 Å². The van der Waals surface area contributed by atoms with E-state index in [2.05, 4.69) is 16.9 Å². The van der Waals surface area contributed by atoms with E-state index in [0.29, 0.717) is 25.3 Å². The number of amides is 1. The van der Waals surface area contributed by atoms with Crippen LogP contribution in [-0.2, 0) is 4.74 Å². The van der Waals surface area contributed by atoms with Crippen molar-refractivity contribution in [3.8, 4) is 0 Å². The number of benzene rings is 1. The van der Waals surface area contributed by atoms with Gasteiger partial charge in [0.15, 0.2) is 0 Å². The van der Waals surface area contributed by atoms with Gasteiger partial charge in [0.25, 0.3) is 5.91 Å². The molecule has 100 valence electrons. The topological polar surface area (TPSA) is 54.1 Å². The summed E-state index contributed by atoms with van der Waals surface area (Å²) in [7, 11) is 0. The van der Waals surface area contributed by atoms with Crippen LogP contribution in [0.15, 0.2) is 42.6 Å². The monoisotopic (exact) mass is 258 g/mol. The fourth-order valence-electron chi connectivity index (χ4n) is 1.85. The molecule has 0 fully saturated rings. The number of nitrogens with one attached hydrogen (secondary N) is 2. The molecule has 2 rings (SSSR count). The Balaban J connectivity index is 1.90. The molecule has 0 unspecified atom stereocenters. The lowest BCUT2D eigenvalue weighted by molar-refractivity contribution is 0.0928. The van der Waals surface area contributed by atoms with Crippen LogP contribution in [0.5, 0.6) is 0 Å². The third-order valence-corrected chi connectivity index (χ3v) is 2.71. The summed E-state index contributed by atoms with van der Waals surface area (Å²) < 4.78 is 5.33. The zero-order chi connectivity index (χ0) is 13.7. The van der Waals surface area contributed by atoms with Crippen molar-refractivity contribution < 1.29 is 9.53 Å². The molecule has 19 heavy (non-hydrogen) atoms. The smallest absolute Gasteiger partial charge is 0.253 e. The normalized spacial score (nSPS) is 10.6. The molecule has 0 aliphatic rings. The molecule has 0 atom stereocenters. The van der Waals surface area contributed by atoms with E-state index in [-0.39, 0.29) is 5.91 Å². The molecule has 2 N–H and O–H groups in total. The van der Waals surface area contributed by atoms with E-state index in [1.165, 1.54) is 0 Å². The van der Waals surface area contributed by atoms with Crippen molar-refractivity contribution in [3.05, 3.63) is 48.2 Å². The van der Waals surface area contributed by atoms with Crippen molar-refractivity contribution in [1.29, 1.82) is 0 Å². The van der Waals surface area contributed by atoms with Crippen molar-refractivity contribution in [1.82, 2.24) is 10.3 Å². The van der Waals surface area contributed by atoms with Gasteiger partial charge in [0.1, 0.15) is 0 Å². The van der Waals surface area contributed by atoms with Crippen molar-refractivity contribution in [2.75, 3.05) is 19.8 Å². The molecular formula is C15H18N2O2. The lowest BCUT2D eigenvalue weighted by Gasteiger charge is -2.07. The van der Waals surface area contributed by atoms with Gasteiger partial charge in [0.05, 0.1) is 24.3 Å². The summed E-state index contributed by atoms with van der Waals surface area (Å²) in [4.78, 5) is 15.1. The molecule has 0 saturated carbocycles. The number of carbonyl (C=O) groups excluding carboxylic acids is 1. The van der Waals surface area contributed by atoms with E-state index >= 15 is 0 Å². The van der Waals surface area contributed by atoms with Crippen molar-refractivity contribution in [2.24, 2.45) is 0 Å². The molecule has 1 aromatic heterocycles. The van der Waals surface area contributed by atoms with Crippen LogP contribution in [0.2, 0.25) is 0 Å². The van der Waals surface area contributed by atoms with Crippen LogP contribution < -0.4 is 5.32 Å². The molecule has 1 aromatic carbocycles. The van der Waals surface area contributed by atoms with Crippen LogP contribution in [0, 0.1) is 0 Å². The molecule has 2 aromatic rings. The first-order valence-corrected chi connectivity index (χ1v) is 6.25. The average molecular weight is 258 g/mol. The molecule has 0 saturated heterocycles. The van der Waals surface area contributed by atoms with E-state index < -0.39 is 0 Å². The number of rotatable bonds is 6. The van der Waals surface area contributed by atoms with Crippen LogP contribution in [0.4, 0.5) is 0 Å². The number of carbonyl (C=O) groups is 1. The molecular weight excluding hydrogens is 240 g/mol. The minimum Gasteiger partial charge on any atom is -0.375 e. The molecule has 0 radical (unpaired) electrons. The first-order valence-electron chi connectivity index (χ1n) is 6.25. The first kappa shape index (κ1) is 13.4. The predicted molar refractivity (Wildman–Crippen MR) is 76.3 cm³/mol. The summed E-state index contributed by atoms with van der Waals surface area (Å²) in [6.45, 7) is 7.16. The van der Waals surface area contributed by atoms with Gasteiger partial charge in [-0.25, -0.2) is 0 Å². The molecule has 1 amide bonds. The number of aromatic nitrogens is 1. The van der Waals surface area contributed by atoms with Gasteiger partial charge in [-0.3, -0.25) is 4.79 Å². The highest BCUT2D eigenvalue weighted by Crippen LogP contribution is 2.16. The maximum atomic E-state index is 12.0. The number of aromatic amines is 1. The molecule has 4 nitrogen and oxygen atoms in total. The van der Waals surface area contributed by atoms with Crippen LogP contribution in [-0.4, -0.2) is 30.6 Å². The second kappa shape index (κ2) is 6.20. The van der Waals surface area contributed by atoms with E-state index in [1.54, 1.807) is 0 Å². The number of para-hydroxylation sites is 1. The highest BCUT2D eigenvalue weighted by Gasteiger charge is 2.09. The number of fused-ring (bicyclic) bond motifs is 1. The second-order valence-corrected chi connectivity index (χ2v) is 4.51. The van der Waals surface area contributed by atoms with Gasteiger partial charge in [0, 0.05) is 18.1 Å². The Bertz CT molecular complexity index is 587. The highest BCUT2D eigenvalue weighted by atomic mass is 16.5. The van der Waals surface area contributed by atoms with Gasteiger partial charge in [-0.2, -0.15) is 0 Å². The fourth-order valence-corrected chi connectivity index (χ4v) is 1.85. The third-order valence-electron chi connectivity index (χ3n) is 2.71. The van der Waals surface area contributed by atoms with Gasteiger partial charge < -0.3 is 15.0 Å². The zero-order valence-electron chi connectivity index (χ0n) is 11.0. The van der Waals surface area contributed by atoms with Crippen molar-refractivity contribution >= 4 is 16.8 Å². The van der Waals surface area contributed by atoms with E-state index in [4.69, 9.17) is 4.74 Å². The molecule has 4 heteroatoms. The largest absolute Gasteiger partial charge is 0.375 e. The molecule has 0 spiro atoms. The number of ether oxygens (including phenoxy) is 1. The van der Waals surface area contributed by atoms with Gasteiger partial charge >= 0.3 is 0 Å². The highest BCUT2D eigenvalue weighted by molar-refractivity contribution is 6.05. The standard InChI is InChI=1S/C15H18N2O2/c1-11(2)10-19-9-8-17-15(18)13-5-3-4-12-6-7-16-14(12)13/h3-7,16H,1,8-10H2,2H3,(H,17,18). The third kappa shape index (κ3) is 3.45. The summed E-state index contributed by atoms with van der Waals surface area (Å²) in [6.07, 6.45) is 1.83. The predicted octanol–water partition coefficient (Wildman–Crippen LogP) is 2.49. The Kier molecular flexibility index (Phi) is 4.36. The summed E-state index contributed by atoms with van der Waals surface area (Å²) in [5.41, 5.74) is 2.49. The van der Waals surface area contributed by atoms with E-state index in [9.17, 15) is 4.79 Å². The van der Waals surface area contributed by atoms with Crippen LogP contribution in [0.1, 0.15) is 17.3 Å². The Labute approximate surface area is 112 Å². The molecule has 0 aliphatic carbocycles. The summed E-state index contributed by atoms with van der Waals surface area (Å²) >= 11 is 0. The van der Waals surface area contributed by atoms with Crippen LogP contribution >= 0.6 is 0 Å². The maximum Gasteiger partial charge on any atom is 0.253 e. The SMILES string of the molecule is C=C(C)COCCNC(=O)c1cccc2cc[nH]c12. The van der Waals surface area contributed by atoms with Gasteiger partial charge in [0.2, 0.25) is 0 Å². The average Bonchev–Trinajstić information content (AvgIpc) is 2.85. The van der Waals surface area contributed by atoms with Gasteiger partial charge in [-0.15, -0.1) is 0 Å². The Morgan fingerprint density at radius 2 is 2.26 bits per heavy atom. The van der Waals surface area contributed by atoms with Gasteiger partial charge in [-0.1, -0.05) is 24.3 Å². The van der Waals surface area contributed by atoms with Crippen LogP contribution in [0.25, 0.3) is 10.9 Å². The van der Waals surface area contributed by atoms with Gasteiger partial charge in [-0.05, 0) is 19.1 Å². The molecule has 1 heterocycles. The summed E-state index contributed by atoms with van der Waals surface area (Å²) in [5, 5.41) is 3.87. The number of hydrogen-bond donors (Lipinski definition) is 2. The maximum absolute atomic E-state index is 12.0. The Morgan fingerprint density at radius 1 is 1.42 bits per heavy atom. The Morgan fingerprint density at radius 3 is 3.05 bits per heavy atom. The minimum absolute atomic E-state index is 0.0908. The van der Waals surface area contributed by atoms with Crippen molar-refractivity contribution in [2.45, 2.75) is 6.92 Å². The zero-order valence-corrected chi connectivity index (χ0v) is 11.0. The quantitative estimate of drug-likeness (QED) is 0.618. The van der Waals surface area contributed by atoms with Crippen molar-refractivity contribution in [3.63, 3.8) is 0 Å². The minimum atomic E-state index is -0.0908. The lowest BCUT2D eigenvalue weighted by Crippen LogP contribution is -2.27. The number of hydrogen-bond acceptors (Lipinski definition) is 2. The van der Waals surface area contributed by atoms with Crippen LogP contribution in [0.3, 0.4) is 0 Å². The summed E-state index contributed by atoms with van der Waals surface area (Å²) in [5.74, 6) is -0.0908. The molecule has 0 aliphatic heterocycles.